The molecule has 1 atom stereocenters. The molecule has 0 aliphatic heterocycles. The van der Waals surface area contributed by atoms with Crippen molar-refractivity contribution in [2.45, 2.75) is 12.5 Å². The summed E-state index contributed by atoms with van der Waals surface area (Å²) in [5.41, 5.74) is 5.80. The summed E-state index contributed by atoms with van der Waals surface area (Å²) in [5.74, 6) is -1.18. The van der Waals surface area contributed by atoms with Crippen LogP contribution in [-0.2, 0) is 6.42 Å². The van der Waals surface area contributed by atoms with Crippen molar-refractivity contribution in [1.29, 1.82) is 0 Å². The Bertz CT molecular complexity index is 507. The van der Waals surface area contributed by atoms with Crippen molar-refractivity contribution >= 4 is 27.3 Å². The smallest absolute Gasteiger partial charge is 0.130 e. The minimum absolute atomic E-state index is 0.0444. The van der Waals surface area contributed by atoms with E-state index < -0.39 is 17.7 Å². The van der Waals surface area contributed by atoms with Gasteiger partial charge in [0, 0.05) is 22.9 Å². The maximum absolute atomic E-state index is 13.5. The van der Waals surface area contributed by atoms with E-state index in [2.05, 4.69) is 15.9 Å². The van der Waals surface area contributed by atoms with E-state index in [1.807, 2.05) is 12.1 Å². The number of benzene rings is 1. The van der Waals surface area contributed by atoms with E-state index in [-0.39, 0.29) is 5.56 Å². The Kier molecular flexibility index (Phi) is 3.91. The molecule has 90 valence electrons. The standard InChI is InChI=1S/C12H10BrF2NS/c13-11-5-4-7(17-11)6-10(16)12-8(14)2-1-3-9(12)15/h1-5,10H,6,16H2. The molecule has 1 nitrogen and oxygen atoms in total. The summed E-state index contributed by atoms with van der Waals surface area (Å²) in [6.45, 7) is 0. The molecule has 0 aliphatic rings. The van der Waals surface area contributed by atoms with Crippen molar-refractivity contribution in [2.24, 2.45) is 5.73 Å². The van der Waals surface area contributed by atoms with Gasteiger partial charge in [0.25, 0.3) is 0 Å². The van der Waals surface area contributed by atoms with E-state index in [1.54, 1.807) is 0 Å². The first-order valence-electron chi connectivity index (χ1n) is 5.01. The topological polar surface area (TPSA) is 26.0 Å². The van der Waals surface area contributed by atoms with E-state index in [4.69, 9.17) is 5.73 Å². The molecule has 2 N–H and O–H groups in total. The fraction of sp³-hybridized carbons (Fsp3) is 0.167. The number of nitrogens with two attached hydrogens (primary N) is 1. The molecule has 0 saturated carbocycles. The molecule has 1 aromatic carbocycles. The Morgan fingerprint density at radius 2 is 1.82 bits per heavy atom. The Balaban J connectivity index is 2.22. The minimum atomic E-state index is -0.665. The van der Waals surface area contributed by atoms with Gasteiger partial charge in [-0.2, -0.15) is 0 Å². The van der Waals surface area contributed by atoms with Crippen LogP contribution in [0.4, 0.5) is 8.78 Å². The predicted octanol–water partition coefficient (Wildman–Crippen LogP) is 4.03. The Morgan fingerprint density at radius 1 is 1.18 bits per heavy atom. The second-order valence-corrected chi connectivity index (χ2v) is 6.20. The van der Waals surface area contributed by atoms with Crippen LogP contribution in [0.5, 0.6) is 0 Å². The lowest BCUT2D eigenvalue weighted by Crippen LogP contribution is -2.16. The number of thiophene rings is 1. The number of halogens is 3. The van der Waals surface area contributed by atoms with Gasteiger partial charge in [-0.1, -0.05) is 6.07 Å². The zero-order chi connectivity index (χ0) is 12.4. The second kappa shape index (κ2) is 5.25. The highest BCUT2D eigenvalue weighted by Gasteiger charge is 2.17. The van der Waals surface area contributed by atoms with Gasteiger partial charge in [0.1, 0.15) is 11.6 Å². The minimum Gasteiger partial charge on any atom is -0.323 e. The lowest BCUT2D eigenvalue weighted by Gasteiger charge is -2.12. The summed E-state index contributed by atoms with van der Waals surface area (Å²) in [6, 6.07) is 6.91. The molecule has 2 aromatic rings. The molecule has 17 heavy (non-hydrogen) atoms. The fourth-order valence-electron chi connectivity index (χ4n) is 1.65. The zero-order valence-corrected chi connectivity index (χ0v) is 11.2. The highest BCUT2D eigenvalue weighted by Crippen LogP contribution is 2.27. The maximum Gasteiger partial charge on any atom is 0.130 e. The third-order valence-corrected chi connectivity index (χ3v) is 4.07. The lowest BCUT2D eigenvalue weighted by atomic mass is 10.0. The molecule has 2 rings (SSSR count). The van der Waals surface area contributed by atoms with E-state index in [9.17, 15) is 8.78 Å². The molecule has 1 unspecified atom stereocenters. The molecule has 0 radical (unpaired) electrons. The molecule has 0 fully saturated rings. The molecule has 1 heterocycles. The molecule has 5 heteroatoms. The summed E-state index contributed by atoms with van der Waals surface area (Å²) >= 11 is 4.85. The van der Waals surface area contributed by atoms with Crippen molar-refractivity contribution in [2.75, 3.05) is 0 Å². The highest BCUT2D eigenvalue weighted by atomic mass is 79.9. The van der Waals surface area contributed by atoms with Crippen LogP contribution in [0.15, 0.2) is 34.1 Å². The second-order valence-electron chi connectivity index (χ2n) is 3.65. The van der Waals surface area contributed by atoms with Gasteiger partial charge < -0.3 is 5.73 Å². The molecule has 0 aliphatic carbocycles. The largest absolute Gasteiger partial charge is 0.323 e. The Hall–Kier alpha value is -0.780. The Labute approximate surface area is 110 Å². The monoisotopic (exact) mass is 317 g/mol. The molecular formula is C12H10BrF2NS. The van der Waals surface area contributed by atoms with E-state index in [0.29, 0.717) is 6.42 Å². The molecular weight excluding hydrogens is 308 g/mol. The average Bonchev–Trinajstić information content (AvgIpc) is 2.63. The van der Waals surface area contributed by atoms with Gasteiger partial charge in [-0.3, -0.25) is 0 Å². The summed E-state index contributed by atoms with van der Waals surface area (Å²) in [4.78, 5) is 0.993. The lowest BCUT2D eigenvalue weighted by molar-refractivity contribution is 0.525. The summed E-state index contributed by atoms with van der Waals surface area (Å²) in [5, 5.41) is 0. The van der Waals surface area contributed by atoms with Gasteiger partial charge in [-0.05, 0) is 40.2 Å². The number of rotatable bonds is 3. The van der Waals surface area contributed by atoms with Crippen LogP contribution in [0.3, 0.4) is 0 Å². The van der Waals surface area contributed by atoms with E-state index in [1.165, 1.54) is 29.5 Å². The van der Waals surface area contributed by atoms with E-state index >= 15 is 0 Å². The third kappa shape index (κ3) is 2.91. The van der Waals surface area contributed by atoms with Crippen molar-refractivity contribution in [3.05, 3.63) is 56.2 Å². The number of hydrogen-bond acceptors (Lipinski definition) is 2. The van der Waals surface area contributed by atoms with Crippen LogP contribution >= 0.6 is 27.3 Å². The zero-order valence-electron chi connectivity index (χ0n) is 8.79. The summed E-state index contributed by atoms with van der Waals surface area (Å²) in [6.07, 6.45) is 0.425. The van der Waals surface area contributed by atoms with Crippen molar-refractivity contribution in [3.8, 4) is 0 Å². The Morgan fingerprint density at radius 3 is 2.35 bits per heavy atom. The molecule has 0 bridgehead atoms. The van der Waals surface area contributed by atoms with Crippen LogP contribution in [0.2, 0.25) is 0 Å². The molecule has 1 aromatic heterocycles. The van der Waals surface area contributed by atoms with Crippen LogP contribution in [0.1, 0.15) is 16.5 Å². The van der Waals surface area contributed by atoms with Crippen LogP contribution in [0.25, 0.3) is 0 Å². The first kappa shape index (κ1) is 12.7. The quantitative estimate of drug-likeness (QED) is 0.908. The third-order valence-electron chi connectivity index (χ3n) is 2.42. The van der Waals surface area contributed by atoms with Crippen molar-refractivity contribution in [1.82, 2.24) is 0 Å². The molecule has 0 saturated heterocycles. The maximum atomic E-state index is 13.5. The van der Waals surface area contributed by atoms with Crippen molar-refractivity contribution in [3.63, 3.8) is 0 Å². The average molecular weight is 318 g/mol. The summed E-state index contributed by atoms with van der Waals surface area (Å²) < 4.78 is 27.9. The number of hydrogen-bond donors (Lipinski definition) is 1. The normalized spacial score (nSPS) is 12.7. The highest BCUT2D eigenvalue weighted by molar-refractivity contribution is 9.11. The fourth-order valence-corrected chi connectivity index (χ4v) is 3.19. The first-order valence-corrected chi connectivity index (χ1v) is 6.62. The summed E-state index contributed by atoms with van der Waals surface area (Å²) in [7, 11) is 0. The van der Waals surface area contributed by atoms with Crippen LogP contribution < -0.4 is 5.73 Å². The van der Waals surface area contributed by atoms with Gasteiger partial charge in [-0.15, -0.1) is 11.3 Å². The predicted molar refractivity (Wildman–Crippen MR) is 69.0 cm³/mol. The SMILES string of the molecule is NC(Cc1ccc(Br)s1)c1c(F)cccc1F. The molecule has 0 spiro atoms. The van der Waals surface area contributed by atoms with Gasteiger partial charge in [0.2, 0.25) is 0 Å². The first-order chi connectivity index (χ1) is 8.08. The van der Waals surface area contributed by atoms with Gasteiger partial charge in [0.05, 0.1) is 3.79 Å². The van der Waals surface area contributed by atoms with Gasteiger partial charge in [0.15, 0.2) is 0 Å². The van der Waals surface area contributed by atoms with Crippen molar-refractivity contribution < 1.29 is 8.78 Å². The van der Waals surface area contributed by atoms with Crippen LogP contribution in [-0.4, -0.2) is 0 Å². The molecule has 0 amide bonds. The van der Waals surface area contributed by atoms with Crippen LogP contribution in [0, 0.1) is 11.6 Å². The van der Waals surface area contributed by atoms with Gasteiger partial charge in [-0.25, -0.2) is 8.78 Å². The van der Waals surface area contributed by atoms with Gasteiger partial charge >= 0.3 is 0 Å². The van der Waals surface area contributed by atoms with E-state index in [0.717, 1.165) is 8.66 Å².